The molecule has 1 atom stereocenters. The van der Waals surface area contributed by atoms with Crippen molar-refractivity contribution < 1.29 is 14.3 Å². The monoisotopic (exact) mass is 481 g/mol. The summed E-state index contributed by atoms with van der Waals surface area (Å²) in [5.74, 6) is 2.09. The van der Waals surface area contributed by atoms with Crippen LogP contribution in [-0.4, -0.2) is 48.7 Å². The summed E-state index contributed by atoms with van der Waals surface area (Å²) in [6, 6.07) is 6.74. The van der Waals surface area contributed by atoms with Gasteiger partial charge in [0, 0.05) is 14.1 Å². The van der Waals surface area contributed by atoms with Gasteiger partial charge in [-0.25, -0.2) is 9.97 Å². The Labute approximate surface area is 201 Å². The Morgan fingerprint density at radius 3 is 2.38 bits per heavy atom. The third-order valence-electron chi connectivity index (χ3n) is 5.49. The van der Waals surface area contributed by atoms with E-state index in [1.54, 1.807) is 32.3 Å². The minimum absolute atomic E-state index is 0.165. The van der Waals surface area contributed by atoms with E-state index in [-0.39, 0.29) is 29.2 Å². The summed E-state index contributed by atoms with van der Waals surface area (Å²) in [7, 11) is 3.26. The molecule has 0 aliphatic rings. The van der Waals surface area contributed by atoms with Crippen LogP contribution in [0.15, 0.2) is 28.7 Å². The van der Waals surface area contributed by atoms with Crippen molar-refractivity contribution in [2.75, 3.05) is 24.7 Å². The van der Waals surface area contributed by atoms with Gasteiger partial charge < -0.3 is 25.1 Å². The number of anilines is 3. The van der Waals surface area contributed by atoms with E-state index in [0.717, 1.165) is 28.8 Å². The van der Waals surface area contributed by atoms with Crippen molar-refractivity contribution in [2.24, 2.45) is 5.92 Å². The molecule has 0 unspecified atom stereocenters. The minimum atomic E-state index is -0.312. The van der Waals surface area contributed by atoms with E-state index < -0.39 is 0 Å². The van der Waals surface area contributed by atoms with Crippen LogP contribution in [0.3, 0.4) is 0 Å². The summed E-state index contributed by atoms with van der Waals surface area (Å²) in [6.07, 6.45) is 0. The van der Waals surface area contributed by atoms with Crippen LogP contribution in [0.1, 0.15) is 47.3 Å². The SMILES string of the molecule is Cc1cc([C@H](Nc2nc3nsnc3nc2Nc2cccc(C(=O)N(C)C)c2O)C(C)C)oc1C. The molecule has 178 valence electrons. The molecule has 4 rings (SSSR count). The first kappa shape index (κ1) is 23.4. The molecular formula is C23H27N7O3S. The number of rotatable bonds is 7. The number of hydrogen-bond acceptors (Lipinski definition) is 10. The van der Waals surface area contributed by atoms with E-state index >= 15 is 0 Å². The number of aromatic nitrogens is 4. The predicted molar refractivity (Wildman–Crippen MR) is 132 cm³/mol. The second-order valence-electron chi connectivity index (χ2n) is 8.61. The number of nitrogens with zero attached hydrogens (tertiary/aromatic N) is 5. The number of amides is 1. The topological polar surface area (TPSA) is 129 Å². The van der Waals surface area contributed by atoms with Gasteiger partial charge in [-0.3, -0.25) is 4.79 Å². The zero-order valence-corrected chi connectivity index (χ0v) is 20.7. The van der Waals surface area contributed by atoms with Crippen molar-refractivity contribution >= 4 is 46.3 Å². The fourth-order valence-corrected chi connectivity index (χ4v) is 3.92. The second kappa shape index (κ2) is 9.26. The molecule has 0 aliphatic carbocycles. The molecule has 0 saturated carbocycles. The molecule has 0 bridgehead atoms. The number of para-hydroxylation sites is 1. The van der Waals surface area contributed by atoms with E-state index in [1.165, 1.54) is 4.90 Å². The van der Waals surface area contributed by atoms with Crippen LogP contribution in [0.4, 0.5) is 17.3 Å². The summed E-state index contributed by atoms with van der Waals surface area (Å²) in [5, 5.41) is 17.3. The number of carbonyl (C=O) groups excluding carboxylic acids is 1. The number of carbonyl (C=O) groups is 1. The predicted octanol–water partition coefficient (Wildman–Crippen LogP) is 4.65. The maximum Gasteiger partial charge on any atom is 0.257 e. The highest BCUT2D eigenvalue weighted by Crippen LogP contribution is 2.35. The van der Waals surface area contributed by atoms with E-state index in [1.807, 2.05) is 19.9 Å². The minimum Gasteiger partial charge on any atom is -0.505 e. The Bertz CT molecular complexity index is 1330. The molecule has 1 amide bonds. The Morgan fingerprint density at radius 1 is 1.12 bits per heavy atom. The van der Waals surface area contributed by atoms with Crippen LogP contribution in [0, 0.1) is 19.8 Å². The average Bonchev–Trinajstić information content (AvgIpc) is 3.37. The van der Waals surface area contributed by atoms with Gasteiger partial charge in [0.1, 0.15) is 11.5 Å². The number of aromatic hydroxyl groups is 1. The molecule has 11 heteroatoms. The molecule has 1 aromatic carbocycles. The molecular weight excluding hydrogens is 454 g/mol. The standard InChI is InChI=1S/C23H27N7O3S/c1-11(2)17(16-10-12(3)13(4)33-16)25-20-19(26-21-22(27-20)29-34-28-21)24-15-9-7-8-14(18(15)31)23(32)30(5)6/h7-11,17,31H,1-6H3,(H,24,26,28)(H,25,27,29)/t17-/m1/s1. The second-order valence-corrected chi connectivity index (χ2v) is 9.14. The summed E-state index contributed by atoms with van der Waals surface area (Å²) < 4.78 is 14.4. The van der Waals surface area contributed by atoms with Crippen molar-refractivity contribution in [3.63, 3.8) is 0 Å². The van der Waals surface area contributed by atoms with Gasteiger partial charge in [-0.05, 0) is 43.5 Å². The van der Waals surface area contributed by atoms with Gasteiger partial charge in [-0.15, -0.1) is 0 Å². The van der Waals surface area contributed by atoms with Crippen molar-refractivity contribution in [3.05, 3.63) is 46.9 Å². The zero-order chi connectivity index (χ0) is 24.6. The van der Waals surface area contributed by atoms with Crippen molar-refractivity contribution in [3.8, 4) is 5.75 Å². The first-order valence-electron chi connectivity index (χ1n) is 10.8. The summed E-state index contributed by atoms with van der Waals surface area (Å²) in [6.45, 7) is 8.10. The lowest BCUT2D eigenvalue weighted by Gasteiger charge is -2.22. The van der Waals surface area contributed by atoms with E-state index in [2.05, 4.69) is 43.2 Å². The van der Waals surface area contributed by atoms with Gasteiger partial charge in [0.05, 0.1) is 29.0 Å². The Hall–Kier alpha value is -3.73. The normalized spacial score (nSPS) is 12.2. The number of aryl methyl sites for hydroxylation is 2. The van der Waals surface area contributed by atoms with Crippen molar-refractivity contribution in [1.82, 2.24) is 23.6 Å². The van der Waals surface area contributed by atoms with Gasteiger partial charge in [-0.2, -0.15) is 8.75 Å². The average molecular weight is 482 g/mol. The number of hydrogen-bond donors (Lipinski definition) is 3. The number of fused-ring (bicyclic) bond motifs is 1. The molecule has 3 heterocycles. The van der Waals surface area contributed by atoms with E-state index in [0.29, 0.717) is 28.6 Å². The van der Waals surface area contributed by atoms with E-state index in [4.69, 9.17) is 4.42 Å². The molecule has 34 heavy (non-hydrogen) atoms. The molecule has 3 N–H and O–H groups in total. The lowest BCUT2D eigenvalue weighted by atomic mass is 10.0. The van der Waals surface area contributed by atoms with Crippen LogP contribution in [-0.2, 0) is 0 Å². The molecule has 0 fully saturated rings. The number of furan rings is 1. The van der Waals surface area contributed by atoms with Crippen molar-refractivity contribution in [1.29, 1.82) is 0 Å². The highest BCUT2D eigenvalue weighted by atomic mass is 32.1. The molecule has 0 radical (unpaired) electrons. The molecule has 0 aliphatic heterocycles. The van der Waals surface area contributed by atoms with Crippen LogP contribution in [0.25, 0.3) is 11.3 Å². The highest BCUT2D eigenvalue weighted by Gasteiger charge is 2.24. The zero-order valence-electron chi connectivity index (χ0n) is 19.9. The fraction of sp³-hybridized carbons (Fsp3) is 0.348. The summed E-state index contributed by atoms with van der Waals surface area (Å²) in [5.41, 5.74) is 2.35. The largest absolute Gasteiger partial charge is 0.505 e. The smallest absolute Gasteiger partial charge is 0.257 e. The van der Waals surface area contributed by atoms with Gasteiger partial charge in [-0.1, -0.05) is 19.9 Å². The van der Waals surface area contributed by atoms with Gasteiger partial charge in [0.2, 0.25) is 11.3 Å². The van der Waals surface area contributed by atoms with Gasteiger partial charge in [0.25, 0.3) is 5.91 Å². The Morgan fingerprint density at radius 2 is 1.79 bits per heavy atom. The lowest BCUT2D eigenvalue weighted by molar-refractivity contribution is 0.0824. The maximum absolute atomic E-state index is 12.5. The fourth-order valence-electron chi connectivity index (χ4n) is 3.48. The van der Waals surface area contributed by atoms with E-state index in [9.17, 15) is 9.90 Å². The van der Waals surface area contributed by atoms with Crippen LogP contribution >= 0.6 is 11.7 Å². The molecule has 3 aromatic heterocycles. The van der Waals surface area contributed by atoms with Crippen LogP contribution in [0.5, 0.6) is 5.75 Å². The highest BCUT2D eigenvalue weighted by molar-refractivity contribution is 6.99. The number of nitrogens with one attached hydrogen (secondary N) is 2. The molecule has 4 aromatic rings. The third kappa shape index (κ3) is 4.51. The Balaban J connectivity index is 1.75. The number of benzene rings is 1. The number of phenolic OH excluding ortho intramolecular Hbond substituents is 1. The molecule has 0 spiro atoms. The number of phenols is 1. The third-order valence-corrected chi connectivity index (χ3v) is 6.00. The Kier molecular flexibility index (Phi) is 6.38. The summed E-state index contributed by atoms with van der Waals surface area (Å²) in [4.78, 5) is 23.1. The first-order valence-corrected chi connectivity index (χ1v) is 11.5. The van der Waals surface area contributed by atoms with Gasteiger partial charge >= 0.3 is 0 Å². The maximum atomic E-state index is 12.5. The van der Waals surface area contributed by atoms with Gasteiger partial charge in [0.15, 0.2) is 17.4 Å². The quantitative estimate of drug-likeness (QED) is 0.323. The van der Waals surface area contributed by atoms with Crippen molar-refractivity contribution in [2.45, 2.75) is 33.7 Å². The van der Waals surface area contributed by atoms with Crippen LogP contribution < -0.4 is 10.6 Å². The molecule has 10 nitrogen and oxygen atoms in total. The molecule has 0 saturated heterocycles. The first-order chi connectivity index (χ1) is 16.2. The lowest BCUT2D eigenvalue weighted by Crippen LogP contribution is -2.22. The summed E-state index contributed by atoms with van der Waals surface area (Å²) >= 11 is 1.02. The van der Waals surface area contributed by atoms with Crippen LogP contribution in [0.2, 0.25) is 0 Å².